The molecule has 2 fully saturated rings. The van der Waals surface area contributed by atoms with Gasteiger partial charge >= 0.3 is 0 Å². The maximum Gasteiger partial charge on any atom is 0.107 e. The van der Waals surface area contributed by atoms with Crippen LogP contribution in [0, 0.1) is 17.2 Å². The summed E-state index contributed by atoms with van der Waals surface area (Å²) in [6.45, 7) is 3.64. The normalized spacial score (nSPS) is 34.8. The van der Waals surface area contributed by atoms with Crippen molar-refractivity contribution in [3.05, 3.63) is 0 Å². The number of hydrogen-bond acceptors (Lipinski definition) is 3. The highest BCUT2D eigenvalue weighted by atomic mass is 15.1. The van der Waals surface area contributed by atoms with Crippen LogP contribution in [0.15, 0.2) is 0 Å². The van der Waals surface area contributed by atoms with Crippen LogP contribution in [0.25, 0.3) is 0 Å². The topological polar surface area (TPSA) is 53.1 Å². The van der Waals surface area contributed by atoms with E-state index in [1.165, 1.54) is 45.2 Å². The summed E-state index contributed by atoms with van der Waals surface area (Å²) in [6.07, 6.45) is 11.2. The number of hydrogen-bond donors (Lipinski definition) is 1. The first kappa shape index (κ1) is 13.8. The van der Waals surface area contributed by atoms with Gasteiger partial charge in [-0.3, -0.25) is 0 Å². The van der Waals surface area contributed by atoms with Crippen molar-refractivity contribution in [3.63, 3.8) is 0 Å². The Balaban J connectivity index is 1.78. The molecule has 1 aliphatic heterocycles. The second kappa shape index (κ2) is 6.54. The van der Waals surface area contributed by atoms with Crippen molar-refractivity contribution in [2.45, 2.75) is 63.3 Å². The smallest absolute Gasteiger partial charge is 0.107 e. The van der Waals surface area contributed by atoms with Crippen LogP contribution in [0.5, 0.6) is 0 Å². The lowest BCUT2D eigenvalue weighted by molar-refractivity contribution is 0.219. The molecule has 0 bridgehead atoms. The van der Waals surface area contributed by atoms with E-state index >= 15 is 0 Å². The molecule has 102 valence electrons. The molecular weight excluding hydrogens is 222 g/mol. The lowest BCUT2D eigenvalue weighted by atomic mass is 9.87. The second-order valence-corrected chi connectivity index (χ2v) is 6.14. The van der Waals surface area contributed by atoms with Gasteiger partial charge in [0, 0.05) is 0 Å². The summed E-state index contributed by atoms with van der Waals surface area (Å²) < 4.78 is 0. The number of nitrogens with zero attached hydrogens (tertiary/aromatic N) is 2. The van der Waals surface area contributed by atoms with Gasteiger partial charge in [0.05, 0.1) is 6.07 Å². The average Bonchev–Trinajstić information content (AvgIpc) is 2.70. The van der Waals surface area contributed by atoms with Gasteiger partial charge in [-0.15, -0.1) is 0 Å². The van der Waals surface area contributed by atoms with Crippen molar-refractivity contribution in [1.82, 2.24) is 4.90 Å². The van der Waals surface area contributed by atoms with Gasteiger partial charge in [-0.05, 0) is 57.7 Å². The number of nitriles is 1. The molecule has 2 rings (SSSR count). The molecule has 2 unspecified atom stereocenters. The highest BCUT2D eigenvalue weighted by Gasteiger charge is 2.39. The summed E-state index contributed by atoms with van der Waals surface area (Å²) in [7, 11) is 0. The Hall–Kier alpha value is -0.590. The first-order valence-electron chi connectivity index (χ1n) is 7.67. The molecular formula is C15H27N3. The van der Waals surface area contributed by atoms with Gasteiger partial charge in [-0.2, -0.15) is 5.26 Å². The third kappa shape index (κ3) is 3.46. The molecule has 2 aliphatic rings. The van der Waals surface area contributed by atoms with E-state index in [4.69, 9.17) is 5.73 Å². The van der Waals surface area contributed by atoms with Gasteiger partial charge in [0.1, 0.15) is 5.54 Å². The van der Waals surface area contributed by atoms with E-state index < -0.39 is 5.54 Å². The van der Waals surface area contributed by atoms with Crippen LogP contribution in [0.3, 0.4) is 0 Å². The van der Waals surface area contributed by atoms with Crippen molar-refractivity contribution in [3.8, 4) is 6.07 Å². The van der Waals surface area contributed by atoms with Gasteiger partial charge < -0.3 is 10.6 Å². The Morgan fingerprint density at radius 2 is 1.78 bits per heavy atom. The van der Waals surface area contributed by atoms with Crippen LogP contribution in [-0.4, -0.2) is 30.1 Å². The van der Waals surface area contributed by atoms with Crippen LogP contribution in [0.1, 0.15) is 57.8 Å². The zero-order chi connectivity index (χ0) is 12.8. The molecule has 0 spiro atoms. The average molecular weight is 249 g/mol. The highest BCUT2D eigenvalue weighted by Crippen LogP contribution is 2.35. The minimum Gasteiger partial charge on any atom is -0.313 e. The summed E-state index contributed by atoms with van der Waals surface area (Å²) in [5, 5.41) is 9.23. The van der Waals surface area contributed by atoms with E-state index in [9.17, 15) is 5.26 Å². The van der Waals surface area contributed by atoms with E-state index in [-0.39, 0.29) is 0 Å². The van der Waals surface area contributed by atoms with E-state index in [0.717, 1.165) is 32.2 Å². The predicted molar refractivity (Wildman–Crippen MR) is 74.0 cm³/mol. The van der Waals surface area contributed by atoms with Gasteiger partial charge in [0.15, 0.2) is 0 Å². The van der Waals surface area contributed by atoms with E-state index in [2.05, 4.69) is 11.0 Å². The summed E-state index contributed by atoms with van der Waals surface area (Å²) in [6, 6.07) is 2.36. The lowest BCUT2D eigenvalue weighted by Gasteiger charge is -2.29. The summed E-state index contributed by atoms with van der Waals surface area (Å²) >= 11 is 0. The predicted octanol–water partition coefficient (Wildman–Crippen LogP) is 2.66. The molecule has 1 saturated carbocycles. The van der Waals surface area contributed by atoms with Crippen molar-refractivity contribution < 1.29 is 0 Å². The fourth-order valence-corrected chi connectivity index (χ4v) is 3.53. The molecule has 1 heterocycles. The van der Waals surface area contributed by atoms with Crippen LogP contribution in [0.4, 0.5) is 0 Å². The Labute approximate surface area is 111 Å². The molecule has 0 aromatic carbocycles. The minimum atomic E-state index is -0.525. The van der Waals surface area contributed by atoms with Crippen LogP contribution >= 0.6 is 0 Å². The third-order valence-corrected chi connectivity index (χ3v) is 4.82. The molecule has 2 atom stereocenters. The molecule has 0 aromatic heterocycles. The van der Waals surface area contributed by atoms with Crippen molar-refractivity contribution in [1.29, 1.82) is 5.26 Å². The first-order valence-corrected chi connectivity index (χ1v) is 7.67. The number of rotatable bonds is 3. The maximum atomic E-state index is 9.23. The van der Waals surface area contributed by atoms with Crippen LogP contribution < -0.4 is 5.73 Å². The van der Waals surface area contributed by atoms with E-state index in [0.29, 0.717) is 5.92 Å². The molecule has 1 aliphatic carbocycles. The molecule has 0 aromatic rings. The standard InChI is InChI=1S/C15H27N3/c16-13-15(17)9-6-7-14(15)8-12-18-10-4-2-1-3-5-11-18/h14H,1-12,17H2. The van der Waals surface area contributed by atoms with E-state index in [1.807, 2.05) is 0 Å². The quantitative estimate of drug-likeness (QED) is 0.836. The summed E-state index contributed by atoms with van der Waals surface area (Å²) in [5.74, 6) is 0.424. The fourth-order valence-electron chi connectivity index (χ4n) is 3.53. The SMILES string of the molecule is N#CC1(N)CCCC1CCN1CCCCCCC1. The molecule has 3 heteroatoms. The molecule has 2 N–H and O–H groups in total. The Kier molecular flexibility index (Phi) is 5.03. The Morgan fingerprint density at radius 1 is 1.11 bits per heavy atom. The first-order chi connectivity index (χ1) is 8.74. The molecule has 3 nitrogen and oxygen atoms in total. The Bertz CT molecular complexity index is 289. The molecule has 18 heavy (non-hydrogen) atoms. The summed E-state index contributed by atoms with van der Waals surface area (Å²) in [5.41, 5.74) is 5.67. The largest absolute Gasteiger partial charge is 0.313 e. The van der Waals surface area contributed by atoms with Crippen molar-refractivity contribution >= 4 is 0 Å². The molecule has 0 amide bonds. The highest BCUT2D eigenvalue weighted by molar-refractivity contribution is 5.11. The number of likely N-dealkylation sites (tertiary alicyclic amines) is 1. The maximum absolute atomic E-state index is 9.23. The fraction of sp³-hybridized carbons (Fsp3) is 0.933. The van der Waals surface area contributed by atoms with Crippen LogP contribution in [0.2, 0.25) is 0 Å². The van der Waals surface area contributed by atoms with Gasteiger partial charge in [0.25, 0.3) is 0 Å². The van der Waals surface area contributed by atoms with Crippen molar-refractivity contribution in [2.75, 3.05) is 19.6 Å². The number of nitrogens with two attached hydrogens (primary N) is 1. The van der Waals surface area contributed by atoms with Crippen molar-refractivity contribution in [2.24, 2.45) is 11.7 Å². The molecule has 0 radical (unpaired) electrons. The lowest BCUT2D eigenvalue weighted by Crippen LogP contribution is -2.43. The summed E-state index contributed by atoms with van der Waals surface area (Å²) in [4.78, 5) is 2.59. The van der Waals surface area contributed by atoms with Gasteiger partial charge in [-0.1, -0.05) is 25.7 Å². The van der Waals surface area contributed by atoms with Crippen LogP contribution in [-0.2, 0) is 0 Å². The van der Waals surface area contributed by atoms with E-state index in [1.54, 1.807) is 0 Å². The molecule has 1 saturated heterocycles. The minimum absolute atomic E-state index is 0.424. The second-order valence-electron chi connectivity index (χ2n) is 6.14. The zero-order valence-electron chi connectivity index (χ0n) is 11.5. The van der Waals surface area contributed by atoms with Gasteiger partial charge in [-0.25, -0.2) is 0 Å². The zero-order valence-corrected chi connectivity index (χ0v) is 11.5. The van der Waals surface area contributed by atoms with Gasteiger partial charge in [0.2, 0.25) is 0 Å². The monoisotopic (exact) mass is 249 g/mol. The Morgan fingerprint density at radius 3 is 2.44 bits per heavy atom. The third-order valence-electron chi connectivity index (χ3n) is 4.82.